The van der Waals surface area contributed by atoms with Gasteiger partial charge in [0.1, 0.15) is 0 Å². The molecule has 4 rings (SSSR count). The number of urea groups is 1. The molecule has 10 heteroatoms. The van der Waals surface area contributed by atoms with Gasteiger partial charge in [-0.2, -0.15) is 5.10 Å². The Hall–Kier alpha value is -3.56. The second-order valence-electron chi connectivity index (χ2n) is 8.20. The highest BCUT2D eigenvalue weighted by atomic mass is 16.2. The standard InChI is InChI=1S/C21H23N5O5/c1-11(27)23-15-6-4-13(5-7-15)18(28)25-22-10-16-19(29)24-21(31)26(20(16)30)17-9-12-2-3-14(17)8-12/h4-7,10,12,14,16-17H,2-3,8-9H2,1H3,(H,23,27)(H,25,28)(H,24,29,31)/b22-10-/t12-,14-,16+,17+/m0/s1. The van der Waals surface area contributed by atoms with Crippen LogP contribution in [0.4, 0.5) is 10.5 Å². The number of carbonyl (C=O) groups is 5. The maximum absolute atomic E-state index is 12.9. The normalized spacial score (nSPS) is 27.5. The average Bonchev–Trinajstić information content (AvgIpc) is 3.34. The third-order valence-corrected chi connectivity index (χ3v) is 6.12. The Morgan fingerprint density at radius 3 is 2.48 bits per heavy atom. The molecular weight excluding hydrogens is 402 g/mol. The van der Waals surface area contributed by atoms with E-state index in [1.165, 1.54) is 24.0 Å². The van der Waals surface area contributed by atoms with Crippen LogP contribution >= 0.6 is 0 Å². The number of hydrogen-bond acceptors (Lipinski definition) is 6. The van der Waals surface area contributed by atoms with Crippen LogP contribution < -0.4 is 16.1 Å². The number of hydrazone groups is 1. The third-order valence-electron chi connectivity index (χ3n) is 6.12. The highest BCUT2D eigenvalue weighted by Gasteiger charge is 2.50. The molecule has 0 aromatic heterocycles. The van der Waals surface area contributed by atoms with Crippen molar-refractivity contribution >= 4 is 41.6 Å². The van der Waals surface area contributed by atoms with Crippen LogP contribution in [0.15, 0.2) is 29.4 Å². The van der Waals surface area contributed by atoms with E-state index >= 15 is 0 Å². The van der Waals surface area contributed by atoms with Gasteiger partial charge in [-0.15, -0.1) is 0 Å². The monoisotopic (exact) mass is 425 g/mol. The van der Waals surface area contributed by atoms with Gasteiger partial charge >= 0.3 is 6.03 Å². The molecule has 1 aliphatic heterocycles. The molecular formula is C21H23N5O5. The lowest BCUT2D eigenvalue weighted by Gasteiger charge is -2.36. The molecule has 1 aromatic carbocycles. The molecule has 1 aromatic rings. The molecule has 1 heterocycles. The van der Waals surface area contributed by atoms with Crippen LogP contribution in [-0.2, 0) is 14.4 Å². The number of anilines is 1. The quantitative estimate of drug-likeness (QED) is 0.370. The molecule has 0 unspecified atom stereocenters. The van der Waals surface area contributed by atoms with Crippen LogP contribution in [0.5, 0.6) is 0 Å². The lowest BCUT2D eigenvalue weighted by molar-refractivity contribution is -0.141. The van der Waals surface area contributed by atoms with Gasteiger partial charge in [0, 0.05) is 30.4 Å². The van der Waals surface area contributed by atoms with Crippen LogP contribution in [0.3, 0.4) is 0 Å². The van der Waals surface area contributed by atoms with Gasteiger partial charge in [-0.1, -0.05) is 6.42 Å². The molecule has 3 fully saturated rings. The summed E-state index contributed by atoms with van der Waals surface area (Å²) < 4.78 is 0. The van der Waals surface area contributed by atoms with Crippen molar-refractivity contribution in [3.63, 3.8) is 0 Å². The van der Waals surface area contributed by atoms with Crippen LogP contribution in [0, 0.1) is 17.8 Å². The van der Waals surface area contributed by atoms with E-state index in [1.54, 1.807) is 12.1 Å². The first-order chi connectivity index (χ1) is 14.8. The number of fused-ring (bicyclic) bond motifs is 2. The molecule has 3 aliphatic rings. The van der Waals surface area contributed by atoms with Crippen molar-refractivity contribution < 1.29 is 24.0 Å². The van der Waals surface area contributed by atoms with Crippen molar-refractivity contribution in [2.24, 2.45) is 22.9 Å². The molecule has 4 atom stereocenters. The number of nitrogens with one attached hydrogen (secondary N) is 3. The minimum absolute atomic E-state index is 0.188. The molecule has 6 amide bonds. The summed E-state index contributed by atoms with van der Waals surface area (Å²) in [7, 11) is 0. The van der Waals surface area contributed by atoms with Crippen molar-refractivity contribution in [3.05, 3.63) is 29.8 Å². The van der Waals surface area contributed by atoms with Crippen molar-refractivity contribution in [3.8, 4) is 0 Å². The minimum Gasteiger partial charge on any atom is -0.326 e. The largest absolute Gasteiger partial charge is 0.331 e. The van der Waals surface area contributed by atoms with E-state index in [0.717, 1.165) is 31.9 Å². The van der Waals surface area contributed by atoms with E-state index in [-0.39, 0.29) is 23.4 Å². The number of amides is 6. The summed E-state index contributed by atoms with van der Waals surface area (Å²) in [6, 6.07) is 5.27. The smallest absolute Gasteiger partial charge is 0.326 e. The zero-order valence-corrected chi connectivity index (χ0v) is 17.0. The van der Waals surface area contributed by atoms with Crippen LogP contribution in [-0.4, -0.2) is 46.8 Å². The van der Waals surface area contributed by atoms with E-state index in [1.807, 2.05) is 0 Å². The van der Waals surface area contributed by atoms with Gasteiger partial charge in [-0.25, -0.2) is 10.2 Å². The molecule has 2 aliphatic carbocycles. The number of benzene rings is 1. The number of hydrogen-bond donors (Lipinski definition) is 3. The summed E-state index contributed by atoms with van der Waals surface area (Å²) in [5.74, 6) is -2.61. The molecule has 31 heavy (non-hydrogen) atoms. The Labute approximate surface area is 178 Å². The number of rotatable bonds is 5. The maximum atomic E-state index is 12.9. The molecule has 162 valence electrons. The molecule has 10 nitrogen and oxygen atoms in total. The Morgan fingerprint density at radius 1 is 1.13 bits per heavy atom. The molecule has 1 saturated heterocycles. The average molecular weight is 425 g/mol. The number of nitrogens with zero attached hydrogens (tertiary/aromatic N) is 2. The summed E-state index contributed by atoms with van der Waals surface area (Å²) in [6.45, 7) is 1.38. The van der Waals surface area contributed by atoms with Crippen molar-refractivity contribution in [1.29, 1.82) is 0 Å². The lowest BCUT2D eigenvalue weighted by atomic mass is 9.92. The first-order valence-electron chi connectivity index (χ1n) is 10.2. The zero-order valence-electron chi connectivity index (χ0n) is 17.0. The predicted octanol–water partition coefficient (Wildman–Crippen LogP) is 1.24. The highest BCUT2D eigenvalue weighted by Crippen LogP contribution is 2.47. The van der Waals surface area contributed by atoms with E-state index < -0.39 is 29.7 Å². The summed E-state index contributed by atoms with van der Waals surface area (Å²) in [5.41, 5.74) is 3.10. The zero-order chi connectivity index (χ0) is 22.1. The Morgan fingerprint density at radius 2 is 1.87 bits per heavy atom. The Balaban J connectivity index is 1.40. The fourth-order valence-electron chi connectivity index (χ4n) is 4.72. The molecule has 0 spiro atoms. The molecule has 2 bridgehead atoms. The molecule has 0 radical (unpaired) electrons. The van der Waals surface area contributed by atoms with Crippen molar-refractivity contribution in [2.45, 2.75) is 38.6 Å². The predicted molar refractivity (Wildman–Crippen MR) is 110 cm³/mol. The first kappa shape index (κ1) is 20.7. The topological polar surface area (TPSA) is 137 Å². The summed E-state index contributed by atoms with van der Waals surface area (Å²) in [4.78, 5) is 61.8. The summed E-state index contributed by atoms with van der Waals surface area (Å²) >= 11 is 0. The first-order valence-corrected chi connectivity index (χ1v) is 10.2. The molecule has 2 saturated carbocycles. The highest BCUT2D eigenvalue weighted by molar-refractivity contribution is 6.23. The fraction of sp³-hybridized carbons (Fsp3) is 0.429. The van der Waals surface area contributed by atoms with Crippen LogP contribution in [0.2, 0.25) is 0 Å². The van der Waals surface area contributed by atoms with Gasteiger partial charge in [0.15, 0.2) is 5.92 Å². The summed E-state index contributed by atoms with van der Waals surface area (Å²) in [6.07, 6.45) is 4.93. The van der Waals surface area contributed by atoms with Gasteiger partial charge in [-0.3, -0.25) is 29.4 Å². The second kappa shape index (κ2) is 8.29. The van der Waals surface area contributed by atoms with Gasteiger partial charge in [-0.05, 0) is 55.4 Å². The van der Waals surface area contributed by atoms with Crippen molar-refractivity contribution in [1.82, 2.24) is 15.6 Å². The van der Waals surface area contributed by atoms with Gasteiger partial charge < -0.3 is 5.32 Å². The summed E-state index contributed by atoms with van der Waals surface area (Å²) in [5, 5.41) is 8.58. The van der Waals surface area contributed by atoms with E-state index in [9.17, 15) is 24.0 Å². The number of imide groups is 2. The Kier molecular flexibility index (Phi) is 5.53. The number of barbiturate groups is 1. The third kappa shape index (κ3) is 4.18. The van der Waals surface area contributed by atoms with Gasteiger partial charge in [0.25, 0.3) is 5.91 Å². The SMILES string of the molecule is CC(=O)Nc1ccc(C(=O)N/N=C\[C@@H]2C(=O)NC(=O)N([C@@H]3C[C@H]4CC[C@H]3C4)C2=O)cc1. The van der Waals surface area contributed by atoms with Gasteiger partial charge in [0.2, 0.25) is 17.7 Å². The van der Waals surface area contributed by atoms with E-state index in [2.05, 4.69) is 21.2 Å². The molecule has 3 N–H and O–H groups in total. The van der Waals surface area contributed by atoms with E-state index in [4.69, 9.17) is 0 Å². The second-order valence-corrected chi connectivity index (χ2v) is 8.20. The fourth-order valence-corrected chi connectivity index (χ4v) is 4.72. The van der Waals surface area contributed by atoms with E-state index in [0.29, 0.717) is 11.6 Å². The van der Waals surface area contributed by atoms with Crippen LogP contribution in [0.25, 0.3) is 0 Å². The maximum Gasteiger partial charge on any atom is 0.331 e. The van der Waals surface area contributed by atoms with Crippen molar-refractivity contribution in [2.75, 3.05) is 5.32 Å². The van der Waals surface area contributed by atoms with Gasteiger partial charge in [0.05, 0.1) is 0 Å². The Bertz CT molecular complexity index is 973. The number of carbonyl (C=O) groups excluding carboxylic acids is 5. The van der Waals surface area contributed by atoms with Crippen LogP contribution in [0.1, 0.15) is 43.0 Å². The lowest BCUT2D eigenvalue weighted by Crippen LogP contribution is -2.62. The minimum atomic E-state index is -1.28.